The minimum absolute atomic E-state index is 0.244. The van der Waals surface area contributed by atoms with Crippen LogP contribution in [0.5, 0.6) is 0 Å². The fraction of sp³-hybridized carbons (Fsp3) is 0.438. The molecule has 0 aromatic heterocycles. The molecule has 1 aromatic rings. The molecular formula is C16H23NO3. The van der Waals surface area contributed by atoms with Crippen molar-refractivity contribution in [2.24, 2.45) is 0 Å². The Morgan fingerprint density at radius 3 is 2.70 bits per heavy atom. The van der Waals surface area contributed by atoms with Crippen molar-refractivity contribution in [3.63, 3.8) is 0 Å². The highest BCUT2D eigenvalue weighted by Gasteiger charge is 2.05. The molecule has 0 atom stereocenters. The van der Waals surface area contributed by atoms with Crippen molar-refractivity contribution in [3.05, 3.63) is 35.4 Å². The average molecular weight is 277 g/mol. The number of rotatable bonds is 7. The molecule has 0 aliphatic carbocycles. The smallest absolute Gasteiger partial charge is 0.328 e. The lowest BCUT2D eigenvalue weighted by Crippen LogP contribution is -2.24. The van der Waals surface area contributed by atoms with E-state index >= 15 is 0 Å². The Bertz CT molecular complexity index is 481. The van der Waals surface area contributed by atoms with Crippen molar-refractivity contribution in [2.75, 3.05) is 25.1 Å². The molecule has 0 radical (unpaired) electrons. The van der Waals surface area contributed by atoms with Crippen molar-refractivity contribution >= 4 is 17.7 Å². The lowest BCUT2D eigenvalue weighted by atomic mass is 10.1. The van der Waals surface area contributed by atoms with Crippen molar-refractivity contribution < 1.29 is 14.6 Å². The summed E-state index contributed by atoms with van der Waals surface area (Å²) in [6.07, 6.45) is 2.99. The molecule has 20 heavy (non-hydrogen) atoms. The van der Waals surface area contributed by atoms with Crippen LogP contribution in [0.3, 0.4) is 0 Å². The summed E-state index contributed by atoms with van der Waals surface area (Å²) < 4.78 is 5.54. The van der Waals surface area contributed by atoms with Crippen LogP contribution in [0.25, 0.3) is 6.08 Å². The summed E-state index contributed by atoms with van der Waals surface area (Å²) in [7, 11) is 2.03. The van der Waals surface area contributed by atoms with Gasteiger partial charge in [-0.15, -0.1) is 0 Å². The zero-order valence-corrected chi connectivity index (χ0v) is 12.6. The summed E-state index contributed by atoms with van der Waals surface area (Å²) in [5, 5.41) is 8.62. The monoisotopic (exact) mass is 277 g/mol. The van der Waals surface area contributed by atoms with Gasteiger partial charge in [-0.25, -0.2) is 4.79 Å². The second-order valence-electron chi connectivity index (χ2n) is 5.06. The van der Waals surface area contributed by atoms with Crippen LogP contribution in [-0.4, -0.2) is 37.4 Å². The van der Waals surface area contributed by atoms with Crippen molar-refractivity contribution in [2.45, 2.75) is 26.9 Å². The molecule has 4 heteroatoms. The number of hydrogen-bond acceptors (Lipinski definition) is 3. The quantitative estimate of drug-likeness (QED) is 0.778. The molecule has 0 aliphatic rings. The lowest BCUT2D eigenvalue weighted by molar-refractivity contribution is -0.131. The van der Waals surface area contributed by atoms with Gasteiger partial charge in [0.1, 0.15) is 0 Å². The predicted octanol–water partition coefficient (Wildman–Crippen LogP) is 2.95. The number of carboxylic acids is 1. The second kappa shape index (κ2) is 7.70. The average Bonchev–Trinajstić information content (AvgIpc) is 2.35. The van der Waals surface area contributed by atoms with E-state index in [1.165, 1.54) is 0 Å². The van der Waals surface area contributed by atoms with Gasteiger partial charge in [-0.2, -0.15) is 0 Å². The highest BCUT2D eigenvalue weighted by molar-refractivity contribution is 5.85. The van der Waals surface area contributed by atoms with Crippen LogP contribution in [0, 0.1) is 6.92 Å². The molecule has 0 aliphatic heterocycles. The number of carbonyl (C=O) groups is 1. The molecule has 0 heterocycles. The van der Waals surface area contributed by atoms with E-state index in [2.05, 4.69) is 4.90 Å². The van der Waals surface area contributed by atoms with Crippen LogP contribution in [0.1, 0.15) is 25.0 Å². The number of carboxylic acid groups (broad SMARTS) is 1. The van der Waals surface area contributed by atoms with E-state index in [0.29, 0.717) is 6.61 Å². The fourth-order valence-corrected chi connectivity index (χ4v) is 1.92. The minimum Gasteiger partial charge on any atom is -0.478 e. The van der Waals surface area contributed by atoms with E-state index in [1.54, 1.807) is 6.08 Å². The maximum absolute atomic E-state index is 10.5. The summed E-state index contributed by atoms with van der Waals surface area (Å²) in [5.41, 5.74) is 3.13. The zero-order chi connectivity index (χ0) is 15.1. The second-order valence-corrected chi connectivity index (χ2v) is 5.06. The van der Waals surface area contributed by atoms with Gasteiger partial charge >= 0.3 is 5.97 Å². The third-order valence-corrected chi connectivity index (χ3v) is 2.93. The Labute approximate surface area is 120 Å². The predicted molar refractivity (Wildman–Crippen MR) is 82.2 cm³/mol. The molecular weight excluding hydrogens is 254 g/mol. The number of hydrogen-bond donors (Lipinski definition) is 1. The molecule has 110 valence electrons. The van der Waals surface area contributed by atoms with Crippen LogP contribution in [0.15, 0.2) is 24.3 Å². The van der Waals surface area contributed by atoms with Gasteiger partial charge in [0, 0.05) is 25.4 Å². The molecule has 1 rings (SSSR count). The summed E-state index contributed by atoms with van der Waals surface area (Å²) >= 11 is 0. The van der Waals surface area contributed by atoms with Crippen LogP contribution in [0.2, 0.25) is 0 Å². The van der Waals surface area contributed by atoms with Gasteiger partial charge in [0.2, 0.25) is 0 Å². The van der Waals surface area contributed by atoms with E-state index in [0.717, 1.165) is 29.4 Å². The van der Waals surface area contributed by atoms with Crippen molar-refractivity contribution in [1.82, 2.24) is 0 Å². The highest BCUT2D eigenvalue weighted by atomic mass is 16.5. The molecule has 1 N–H and O–H groups in total. The number of likely N-dealkylation sites (N-methyl/N-ethyl adjacent to an activating group) is 1. The van der Waals surface area contributed by atoms with Gasteiger partial charge in [0.25, 0.3) is 0 Å². The normalized spacial score (nSPS) is 11.2. The molecule has 0 fully saturated rings. The van der Waals surface area contributed by atoms with Gasteiger partial charge in [-0.1, -0.05) is 6.07 Å². The first-order chi connectivity index (χ1) is 9.40. The van der Waals surface area contributed by atoms with E-state index < -0.39 is 5.97 Å². The third-order valence-electron chi connectivity index (χ3n) is 2.93. The number of aryl methyl sites for hydroxylation is 1. The topological polar surface area (TPSA) is 49.8 Å². The van der Waals surface area contributed by atoms with Crippen molar-refractivity contribution in [3.8, 4) is 0 Å². The van der Waals surface area contributed by atoms with E-state index in [4.69, 9.17) is 9.84 Å². The van der Waals surface area contributed by atoms with E-state index in [1.807, 2.05) is 46.0 Å². The SMILES string of the molecule is Cc1cc(/C=C/C(=O)O)ccc1N(C)CCOC(C)C. The molecule has 4 nitrogen and oxygen atoms in total. The standard InChI is InChI=1S/C16H23NO3/c1-12(2)20-10-9-17(4)15-7-5-14(11-13(15)3)6-8-16(18)19/h5-8,11-12H,9-10H2,1-4H3,(H,18,19)/b8-6+. The lowest BCUT2D eigenvalue weighted by Gasteiger charge is -2.22. The minimum atomic E-state index is -0.935. The van der Waals surface area contributed by atoms with E-state index in [-0.39, 0.29) is 6.10 Å². The maximum atomic E-state index is 10.5. The largest absolute Gasteiger partial charge is 0.478 e. The first-order valence-electron chi connectivity index (χ1n) is 6.74. The summed E-state index contributed by atoms with van der Waals surface area (Å²) in [6, 6.07) is 5.91. The molecule has 0 spiro atoms. The Kier molecular flexibility index (Phi) is 6.25. The Morgan fingerprint density at radius 2 is 2.15 bits per heavy atom. The fourth-order valence-electron chi connectivity index (χ4n) is 1.92. The number of anilines is 1. The molecule has 0 amide bonds. The molecule has 0 unspecified atom stereocenters. The summed E-state index contributed by atoms with van der Waals surface area (Å²) in [6.45, 7) is 7.58. The van der Waals surface area contributed by atoms with Gasteiger partial charge in [-0.05, 0) is 50.1 Å². The molecule has 0 bridgehead atoms. The number of benzene rings is 1. The van der Waals surface area contributed by atoms with Gasteiger partial charge in [0.15, 0.2) is 0 Å². The third kappa shape index (κ3) is 5.45. The Balaban J connectivity index is 2.69. The Hall–Kier alpha value is -1.81. The number of ether oxygens (including phenoxy) is 1. The van der Waals surface area contributed by atoms with Gasteiger partial charge in [0.05, 0.1) is 12.7 Å². The van der Waals surface area contributed by atoms with Crippen LogP contribution in [0.4, 0.5) is 5.69 Å². The number of nitrogens with zero attached hydrogens (tertiary/aromatic N) is 1. The van der Waals surface area contributed by atoms with Crippen LogP contribution >= 0.6 is 0 Å². The number of aliphatic carboxylic acids is 1. The Morgan fingerprint density at radius 1 is 1.45 bits per heavy atom. The van der Waals surface area contributed by atoms with Gasteiger partial charge < -0.3 is 14.7 Å². The summed E-state index contributed by atoms with van der Waals surface area (Å²) in [4.78, 5) is 12.6. The first kappa shape index (κ1) is 16.2. The zero-order valence-electron chi connectivity index (χ0n) is 12.6. The first-order valence-corrected chi connectivity index (χ1v) is 6.74. The van der Waals surface area contributed by atoms with E-state index in [9.17, 15) is 4.79 Å². The van der Waals surface area contributed by atoms with Gasteiger partial charge in [-0.3, -0.25) is 0 Å². The maximum Gasteiger partial charge on any atom is 0.328 e. The van der Waals surface area contributed by atoms with Crippen LogP contribution in [-0.2, 0) is 9.53 Å². The summed E-state index contributed by atoms with van der Waals surface area (Å²) in [5.74, 6) is -0.935. The van der Waals surface area contributed by atoms with Crippen LogP contribution < -0.4 is 4.90 Å². The molecule has 0 saturated carbocycles. The molecule has 1 aromatic carbocycles. The highest BCUT2D eigenvalue weighted by Crippen LogP contribution is 2.20. The molecule has 0 saturated heterocycles. The van der Waals surface area contributed by atoms with Crippen molar-refractivity contribution in [1.29, 1.82) is 0 Å².